The lowest BCUT2D eigenvalue weighted by Crippen LogP contribution is -2.09. The second kappa shape index (κ2) is 7.26. The zero-order valence-electron chi connectivity index (χ0n) is 12.3. The first-order valence-electron chi connectivity index (χ1n) is 6.84. The van der Waals surface area contributed by atoms with Crippen molar-refractivity contribution in [3.8, 4) is 5.75 Å². The lowest BCUT2D eigenvalue weighted by atomic mass is 10.1. The van der Waals surface area contributed by atoms with Crippen molar-refractivity contribution in [1.82, 2.24) is 0 Å². The number of ether oxygens (including phenoxy) is 2. The molecule has 122 valence electrons. The van der Waals surface area contributed by atoms with Gasteiger partial charge in [0.25, 0.3) is 10.1 Å². The van der Waals surface area contributed by atoms with Crippen molar-refractivity contribution in [3.05, 3.63) is 49.1 Å². The van der Waals surface area contributed by atoms with Crippen molar-refractivity contribution < 1.29 is 27.2 Å². The van der Waals surface area contributed by atoms with Crippen LogP contribution in [0.5, 0.6) is 5.75 Å². The van der Waals surface area contributed by atoms with Crippen LogP contribution in [-0.2, 0) is 19.6 Å². The normalized spacial score (nSPS) is 11.2. The van der Waals surface area contributed by atoms with E-state index in [0.29, 0.717) is 17.2 Å². The Hall–Kier alpha value is -2.38. The molecule has 0 heterocycles. The highest BCUT2D eigenvalue weighted by Gasteiger charge is 2.20. The van der Waals surface area contributed by atoms with Crippen molar-refractivity contribution >= 4 is 26.9 Å². The lowest BCUT2D eigenvalue weighted by molar-refractivity contribution is -0.137. The average molecular weight is 336 g/mol. The maximum Gasteiger partial charge on any atom is 0.330 e. The fourth-order valence-corrected chi connectivity index (χ4v) is 2.92. The van der Waals surface area contributed by atoms with Crippen LogP contribution in [0.15, 0.2) is 53.9 Å². The zero-order valence-corrected chi connectivity index (χ0v) is 13.1. The number of fused-ring (bicyclic) bond motifs is 1. The van der Waals surface area contributed by atoms with Gasteiger partial charge < -0.3 is 9.47 Å². The summed E-state index contributed by atoms with van der Waals surface area (Å²) < 4.78 is 43.1. The molecule has 6 nitrogen and oxygen atoms in total. The maximum atomic E-state index is 11.7. The number of hydrogen-bond acceptors (Lipinski definition) is 5. The monoisotopic (exact) mass is 336 g/mol. The molecule has 2 rings (SSSR count). The van der Waals surface area contributed by atoms with Gasteiger partial charge in [0.2, 0.25) is 0 Å². The van der Waals surface area contributed by atoms with Gasteiger partial charge >= 0.3 is 5.97 Å². The van der Waals surface area contributed by atoms with Gasteiger partial charge in [0.05, 0.1) is 13.2 Å². The molecule has 0 saturated heterocycles. The van der Waals surface area contributed by atoms with E-state index >= 15 is 0 Å². The van der Waals surface area contributed by atoms with Gasteiger partial charge in [-0.3, -0.25) is 4.55 Å². The van der Waals surface area contributed by atoms with Crippen molar-refractivity contribution in [3.63, 3.8) is 0 Å². The van der Waals surface area contributed by atoms with Gasteiger partial charge in [-0.05, 0) is 11.5 Å². The van der Waals surface area contributed by atoms with E-state index < -0.39 is 16.1 Å². The Kier molecular flexibility index (Phi) is 5.36. The van der Waals surface area contributed by atoms with Crippen molar-refractivity contribution in [1.29, 1.82) is 0 Å². The third-order valence-corrected chi connectivity index (χ3v) is 4.00. The molecule has 7 heteroatoms. The van der Waals surface area contributed by atoms with Crippen LogP contribution in [0.4, 0.5) is 0 Å². The van der Waals surface area contributed by atoms with Crippen LogP contribution >= 0.6 is 0 Å². The Morgan fingerprint density at radius 3 is 2.61 bits per heavy atom. The Morgan fingerprint density at radius 1 is 1.17 bits per heavy atom. The van der Waals surface area contributed by atoms with Crippen molar-refractivity contribution in [2.75, 3.05) is 13.2 Å². The molecule has 23 heavy (non-hydrogen) atoms. The molecular formula is C16H16O6S. The minimum atomic E-state index is -4.44. The summed E-state index contributed by atoms with van der Waals surface area (Å²) >= 11 is 0. The van der Waals surface area contributed by atoms with Gasteiger partial charge in [-0.1, -0.05) is 36.9 Å². The van der Waals surface area contributed by atoms with Gasteiger partial charge in [0, 0.05) is 17.9 Å². The predicted molar refractivity (Wildman–Crippen MR) is 85.0 cm³/mol. The molecule has 0 bridgehead atoms. The minimum absolute atomic E-state index is 0.0567. The van der Waals surface area contributed by atoms with Crippen molar-refractivity contribution in [2.24, 2.45) is 0 Å². The van der Waals surface area contributed by atoms with Crippen LogP contribution in [-0.4, -0.2) is 32.2 Å². The largest absolute Gasteiger partial charge is 0.492 e. The maximum absolute atomic E-state index is 11.7. The molecule has 2 aromatic rings. The first kappa shape index (κ1) is 17.0. The number of rotatable bonds is 7. The number of carbonyl (C=O) groups excluding carboxylic acids is 1. The minimum Gasteiger partial charge on any atom is -0.492 e. The topological polar surface area (TPSA) is 89.9 Å². The summed E-state index contributed by atoms with van der Waals surface area (Å²) in [6.45, 7) is 3.53. The van der Waals surface area contributed by atoms with Crippen molar-refractivity contribution in [2.45, 2.75) is 11.3 Å². The molecular weight excluding hydrogens is 320 g/mol. The number of hydrogen-bond donors (Lipinski definition) is 1. The molecule has 0 saturated carbocycles. The quantitative estimate of drug-likeness (QED) is 0.362. The van der Waals surface area contributed by atoms with Gasteiger partial charge in [0.1, 0.15) is 10.6 Å². The van der Waals surface area contributed by atoms with Gasteiger partial charge in [-0.25, -0.2) is 4.79 Å². The molecule has 0 fully saturated rings. The number of esters is 1. The average Bonchev–Trinajstić information content (AvgIpc) is 2.52. The number of benzene rings is 2. The molecule has 0 aliphatic rings. The second-order valence-corrected chi connectivity index (χ2v) is 6.02. The summed E-state index contributed by atoms with van der Waals surface area (Å²) in [6.07, 6.45) is 1.43. The van der Waals surface area contributed by atoms with E-state index in [1.54, 1.807) is 30.3 Å². The molecule has 2 aromatic carbocycles. The molecule has 0 spiro atoms. The van der Waals surface area contributed by atoms with E-state index in [2.05, 4.69) is 6.58 Å². The summed E-state index contributed by atoms with van der Waals surface area (Å²) in [6, 6.07) is 9.97. The zero-order chi connectivity index (χ0) is 16.9. The lowest BCUT2D eigenvalue weighted by Gasteiger charge is -2.12. The van der Waals surface area contributed by atoms with Crippen LogP contribution in [0.2, 0.25) is 0 Å². The third-order valence-electron chi connectivity index (χ3n) is 3.06. The Morgan fingerprint density at radius 2 is 1.91 bits per heavy atom. The molecule has 0 aliphatic carbocycles. The van der Waals surface area contributed by atoms with Crippen LogP contribution in [0.3, 0.4) is 0 Å². The first-order chi connectivity index (χ1) is 10.9. The molecule has 0 radical (unpaired) electrons. The SMILES string of the molecule is C=CC(=O)OCCCOc1ccc2ccccc2c1S(=O)(=O)O. The highest BCUT2D eigenvalue weighted by Crippen LogP contribution is 2.32. The van der Waals surface area contributed by atoms with E-state index in [4.69, 9.17) is 9.47 Å². The first-order valence-corrected chi connectivity index (χ1v) is 8.28. The standard InChI is InChI=1S/C16H16O6S/c1-2-15(17)22-11-5-10-21-14-9-8-12-6-3-4-7-13(12)16(14)23(18,19)20/h2-4,6-9H,1,5,10-11H2,(H,18,19,20). The number of carbonyl (C=O) groups is 1. The fourth-order valence-electron chi connectivity index (χ4n) is 2.08. The van der Waals surface area contributed by atoms with Gasteiger partial charge in [-0.2, -0.15) is 8.42 Å². The van der Waals surface area contributed by atoms with E-state index in [0.717, 1.165) is 6.08 Å². The predicted octanol–water partition coefficient (Wildman–Crippen LogP) is 2.58. The molecule has 0 aromatic heterocycles. The van der Waals surface area contributed by atoms with E-state index in [1.165, 1.54) is 6.07 Å². The van der Waals surface area contributed by atoms with Crippen LogP contribution in [0.25, 0.3) is 10.8 Å². The Bertz CT molecular complexity index is 826. The molecule has 0 aliphatic heterocycles. The highest BCUT2D eigenvalue weighted by molar-refractivity contribution is 7.86. The molecule has 0 amide bonds. The summed E-state index contributed by atoms with van der Waals surface area (Å²) in [7, 11) is -4.44. The third kappa shape index (κ3) is 4.30. The van der Waals surface area contributed by atoms with Crippen LogP contribution in [0.1, 0.15) is 6.42 Å². The van der Waals surface area contributed by atoms with E-state index in [1.807, 2.05) is 0 Å². The summed E-state index contributed by atoms with van der Waals surface area (Å²) in [5.74, 6) is -0.476. The van der Waals surface area contributed by atoms with Gasteiger partial charge in [0.15, 0.2) is 0 Å². The van der Waals surface area contributed by atoms with Crippen LogP contribution in [0, 0.1) is 0 Å². The van der Waals surface area contributed by atoms with Gasteiger partial charge in [-0.15, -0.1) is 0 Å². The fraction of sp³-hybridized carbons (Fsp3) is 0.188. The smallest absolute Gasteiger partial charge is 0.330 e. The summed E-state index contributed by atoms with van der Waals surface area (Å²) in [4.78, 5) is 10.6. The molecule has 1 N–H and O–H groups in total. The highest BCUT2D eigenvalue weighted by atomic mass is 32.2. The molecule has 0 unspecified atom stereocenters. The summed E-state index contributed by atoms with van der Waals surface area (Å²) in [5.41, 5.74) is 0. The molecule has 0 atom stereocenters. The Labute approximate surface area is 134 Å². The summed E-state index contributed by atoms with van der Waals surface area (Å²) in [5, 5.41) is 1.05. The van der Waals surface area contributed by atoms with E-state index in [-0.39, 0.29) is 23.9 Å². The Balaban J connectivity index is 2.17. The van der Waals surface area contributed by atoms with E-state index in [9.17, 15) is 17.8 Å². The van der Waals surface area contributed by atoms with Crippen LogP contribution < -0.4 is 4.74 Å². The second-order valence-electron chi connectivity index (χ2n) is 4.66.